The molecule has 0 aliphatic carbocycles. The second kappa shape index (κ2) is 6.88. The van der Waals surface area contributed by atoms with Crippen LogP contribution in [-0.2, 0) is 17.7 Å². The summed E-state index contributed by atoms with van der Waals surface area (Å²) in [6.07, 6.45) is 0.645. The van der Waals surface area contributed by atoms with E-state index in [9.17, 15) is 4.79 Å². The molecule has 9 heteroatoms. The fourth-order valence-electron chi connectivity index (χ4n) is 1.84. The van der Waals surface area contributed by atoms with Crippen LogP contribution in [0.2, 0.25) is 5.02 Å². The quantitative estimate of drug-likeness (QED) is 0.849. The summed E-state index contributed by atoms with van der Waals surface area (Å²) in [5, 5.41) is 14.1. The first-order valence-corrected chi connectivity index (χ1v) is 7.26. The smallest absolute Gasteiger partial charge is 0.258 e. The van der Waals surface area contributed by atoms with Gasteiger partial charge in [0.2, 0.25) is 5.95 Å². The van der Waals surface area contributed by atoms with Gasteiger partial charge in [0.25, 0.3) is 5.91 Å². The van der Waals surface area contributed by atoms with Crippen molar-refractivity contribution in [2.45, 2.75) is 18.2 Å². The molecule has 2 aromatic rings. The van der Waals surface area contributed by atoms with E-state index in [0.717, 1.165) is 22.5 Å². The highest BCUT2D eigenvalue weighted by Crippen LogP contribution is 2.33. The first-order chi connectivity index (χ1) is 10.1. The lowest BCUT2D eigenvalue weighted by Gasteiger charge is -2.13. The molecule has 0 fully saturated rings. The van der Waals surface area contributed by atoms with Gasteiger partial charge in [0.05, 0.1) is 17.0 Å². The van der Waals surface area contributed by atoms with Gasteiger partial charge in [0.15, 0.2) is 0 Å². The predicted molar refractivity (Wildman–Crippen MR) is 80.4 cm³/mol. The van der Waals surface area contributed by atoms with Crippen LogP contribution in [0, 0.1) is 0 Å². The molecule has 0 unspecified atom stereocenters. The Hall–Kier alpha value is -1.64. The molecule has 0 atom stereocenters. The Bertz CT molecular complexity index is 661. The maximum Gasteiger partial charge on any atom is 0.258 e. The molecular weight excluding hydrogens is 314 g/mol. The van der Waals surface area contributed by atoms with E-state index in [0.29, 0.717) is 17.0 Å². The summed E-state index contributed by atoms with van der Waals surface area (Å²) in [7, 11) is 3.20. The van der Waals surface area contributed by atoms with Crippen molar-refractivity contribution in [3.05, 3.63) is 28.3 Å². The number of benzene rings is 1. The van der Waals surface area contributed by atoms with Gasteiger partial charge < -0.3 is 4.18 Å². The van der Waals surface area contributed by atoms with Crippen LogP contribution in [0.4, 0.5) is 5.95 Å². The maximum absolute atomic E-state index is 12.4. The number of hydrogen-bond acceptors (Lipinski definition) is 6. The van der Waals surface area contributed by atoms with E-state index in [1.165, 1.54) is 4.68 Å². The zero-order valence-corrected chi connectivity index (χ0v) is 13.3. The molecule has 1 aromatic heterocycles. The molecule has 0 bridgehead atoms. The molecule has 0 aliphatic rings. The first-order valence-electron chi connectivity index (χ1n) is 6.14. The van der Waals surface area contributed by atoms with Gasteiger partial charge in [0.1, 0.15) is 0 Å². The van der Waals surface area contributed by atoms with E-state index in [2.05, 4.69) is 20.8 Å². The molecule has 0 aliphatic heterocycles. The Morgan fingerprint density at radius 3 is 2.86 bits per heavy atom. The van der Waals surface area contributed by atoms with Gasteiger partial charge in [0, 0.05) is 24.7 Å². The van der Waals surface area contributed by atoms with Crippen LogP contribution in [0.5, 0.6) is 0 Å². The zero-order valence-electron chi connectivity index (χ0n) is 11.8. The van der Waals surface area contributed by atoms with E-state index in [1.54, 1.807) is 26.3 Å². The fraction of sp³-hybridized carbons (Fsp3) is 0.333. The molecule has 1 N–H and O–H groups in total. The number of nitrogens with zero attached hydrogens (tertiary/aromatic N) is 4. The van der Waals surface area contributed by atoms with Crippen molar-refractivity contribution in [1.29, 1.82) is 0 Å². The van der Waals surface area contributed by atoms with Crippen LogP contribution in [0.15, 0.2) is 17.0 Å². The monoisotopic (exact) mass is 327 g/mol. The molecule has 112 valence electrons. The Labute approximate surface area is 131 Å². The van der Waals surface area contributed by atoms with Crippen LogP contribution in [0.1, 0.15) is 22.8 Å². The molecule has 0 spiro atoms. The van der Waals surface area contributed by atoms with Gasteiger partial charge in [-0.2, -0.15) is 0 Å². The summed E-state index contributed by atoms with van der Waals surface area (Å²) >= 11 is 7.30. The van der Waals surface area contributed by atoms with Gasteiger partial charge in [-0.15, -0.1) is 0 Å². The normalized spacial score (nSPS) is 10.7. The molecule has 1 aromatic carbocycles. The molecule has 1 amide bonds. The average Bonchev–Trinajstić information content (AvgIpc) is 2.86. The maximum atomic E-state index is 12.4. The predicted octanol–water partition coefficient (Wildman–Crippen LogP) is 2.33. The third-order valence-electron chi connectivity index (χ3n) is 2.82. The van der Waals surface area contributed by atoms with E-state index in [-0.39, 0.29) is 11.9 Å². The molecule has 21 heavy (non-hydrogen) atoms. The third kappa shape index (κ3) is 3.34. The number of amides is 1. The summed E-state index contributed by atoms with van der Waals surface area (Å²) < 4.78 is 6.45. The lowest BCUT2D eigenvalue weighted by Crippen LogP contribution is -2.17. The summed E-state index contributed by atoms with van der Waals surface area (Å²) in [6.45, 7) is 1.95. The highest BCUT2D eigenvalue weighted by atomic mass is 35.5. The van der Waals surface area contributed by atoms with Gasteiger partial charge in [-0.1, -0.05) is 23.6 Å². The van der Waals surface area contributed by atoms with E-state index < -0.39 is 0 Å². The second-order valence-corrected chi connectivity index (χ2v) is 5.40. The second-order valence-electron chi connectivity index (χ2n) is 4.09. The van der Waals surface area contributed by atoms with Crippen LogP contribution < -0.4 is 5.32 Å². The van der Waals surface area contributed by atoms with E-state index in [1.807, 2.05) is 6.92 Å². The van der Waals surface area contributed by atoms with Crippen molar-refractivity contribution < 1.29 is 8.98 Å². The topological polar surface area (TPSA) is 81.9 Å². The Morgan fingerprint density at radius 2 is 2.29 bits per heavy atom. The third-order valence-corrected chi connectivity index (χ3v) is 4.05. The van der Waals surface area contributed by atoms with E-state index >= 15 is 0 Å². The van der Waals surface area contributed by atoms with Crippen LogP contribution in [0.3, 0.4) is 0 Å². The van der Waals surface area contributed by atoms with E-state index in [4.69, 9.17) is 15.8 Å². The highest BCUT2D eigenvalue weighted by Gasteiger charge is 2.18. The Kier molecular flexibility index (Phi) is 5.16. The van der Waals surface area contributed by atoms with Crippen molar-refractivity contribution in [1.82, 2.24) is 20.2 Å². The minimum atomic E-state index is -0.292. The number of aromatic nitrogens is 4. The number of anilines is 1. The SMILES string of the molecule is CCc1c(C(=O)Nc2nnnn2C)ccc(Cl)c1SOC. The number of rotatable bonds is 5. The van der Waals surface area contributed by atoms with Gasteiger partial charge in [-0.05, 0) is 34.5 Å². The largest absolute Gasteiger partial charge is 0.314 e. The lowest BCUT2D eigenvalue weighted by atomic mass is 10.0. The number of tetrazole rings is 1. The van der Waals surface area contributed by atoms with Crippen molar-refractivity contribution in [2.75, 3.05) is 12.4 Å². The molecular formula is C12H14ClN5O2S. The van der Waals surface area contributed by atoms with Crippen molar-refractivity contribution in [3.8, 4) is 0 Å². The van der Waals surface area contributed by atoms with Crippen molar-refractivity contribution in [3.63, 3.8) is 0 Å². The fourth-order valence-corrected chi connectivity index (χ4v) is 2.78. The summed E-state index contributed by atoms with van der Waals surface area (Å²) in [5.41, 5.74) is 1.34. The van der Waals surface area contributed by atoms with Gasteiger partial charge in [-0.3, -0.25) is 10.1 Å². The van der Waals surface area contributed by atoms with Crippen LogP contribution in [-0.4, -0.2) is 33.2 Å². The molecule has 7 nitrogen and oxygen atoms in total. The van der Waals surface area contributed by atoms with Gasteiger partial charge >= 0.3 is 0 Å². The highest BCUT2D eigenvalue weighted by molar-refractivity contribution is 7.94. The minimum absolute atomic E-state index is 0.276. The molecule has 0 saturated carbocycles. The summed E-state index contributed by atoms with van der Waals surface area (Å²) in [6, 6.07) is 3.35. The number of nitrogens with one attached hydrogen (secondary N) is 1. The van der Waals surface area contributed by atoms with Crippen LogP contribution >= 0.6 is 23.6 Å². The zero-order chi connectivity index (χ0) is 15.4. The van der Waals surface area contributed by atoms with Crippen molar-refractivity contribution >= 4 is 35.5 Å². The standard InChI is InChI=1S/C12H14ClN5O2S/c1-4-7-8(5-6-9(13)10(7)21-20-3)11(19)14-12-15-16-17-18(12)2/h5-6H,4H2,1-3H3,(H,14,15,17,19). The number of hydrogen-bond donors (Lipinski definition) is 1. The number of carbonyl (C=O) groups is 1. The summed E-state index contributed by atoms with van der Waals surface area (Å²) in [5.74, 6) is -0.0164. The molecule has 2 rings (SSSR count). The minimum Gasteiger partial charge on any atom is -0.314 e. The Morgan fingerprint density at radius 1 is 1.52 bits per heavy atom. The molecule has 0 radical (unpaired) electrons. The number of halogens is 1. The average molecular weight is 328 g/mol. The lowest BCUT2D eigenvalue weighted by molar-refractivity contribution is 0.102. The Balaban J connectivity index is 2.36. The van der Waals surface area contributed by atoms with Crippen LogP contribution in [0.25, 0.3) is 0 Å². The molecule has 0 saturated heterocycles. The van der Waals surface area contributed by atoms with Crippen molar-refractivity contribution in [2.24, 2.45) is 7.05 Å². The number of aryl methyl sites for hydroxylation is 1. The summed E-state index contributed by atoms with van der Waals surface area (Å²) in [4.78, 5) is 13.1. The molecule has 1 heterocycles. The number of carbonyl (C=O) groups excluding carboxylic acids is 1. The first kappa shape index (κ1) is 15.7. The van der Waals surface area contributed by atoms with Gasteiger partial charge in [-0.25, -0.2) is 4.68 Å².